The summed E-state index contributed by atoms with van der Waals surface area (Å²) >= 11 is 5.80. The average molecular weight is 439 g/mol. The Morgan fingerprint density at radius 2 is 2.00 bits per heavy atom. The maximum absolute atomic E-state index is 13.4. The number of halogens is 4. The zero-order valence-electron chi connectivity index (χ0n) is 16.2. The van der Waals surface area contributed by atoms with Crippen LogP contribution in [0.5, 0.6) is 5.75 Å². The molecule has 1 saturated heterocycles. The summed E-state index contributed by atoms with van der Waals surface area (Å²) in [6.07, 6.45) is 2.06. The molecule has 1 aliphatic heterocycles. The molecule has 1 N–H and O–H groups in total. The second-order valence-electron chi connectivity index (χ2n) is 8.31. The van der Waals surface area contributed by atoms with E-state index < -0.39 is 12.4 Å². The summed E-state index contributed by atoms with van der Waals surface area (Å²) in [5.41, 5.74) is 1.45. The topological polar surface area (TPSA) is 41.6 Å². The van der Waals surface area contributed by atoms with Crippen LogP contribution < -0.4 is 10.1 Å². The molecule has 0 radical (unpaired) electrons. The minimum absolute atomic E-state index is 0.178. The van der Waals surface area contributed by atoms with Gasteiger partial charge in [0.25, 0.3) is 5.91 Å². The third-order valence-electron chi connectivity index (χ3n) is 5.77. The summed E-state index contributed by atoms with van der Waals surface area (Å²) < 4.78 is 42.5. The van der Waals surface area contributed by atoms with E-state index in [9.17, 15) is 18.0 Å². The maximum atomic E-state index is 13.4. The number of ether oxygens (including phenoxy) is 1. The minimum Gasteiger partial charge on any atom is -0.435 e. The number of hydrogen-bond donors (Lipinski definition) is 1. The van der Waals surface area contributed by atoms with Gasteiger partial charge in [-0.15, -0.1) is 0 Å². The van der Waals surface area contributed by atoms with E-state index >= 15 is 0 Å². The van der Waals surface area contributed by atoms with Crippen molar-refractivity contribution < 1.29 is 22.7 Å². The highest BCUT2D eigenvalue weighted by Crippen LogP contribution is 2.52. The van der Waals surface area contributed by atoms with Crippen LogP contribution in [-0.2, 0) is 6.54 Å². The van der Waals surface area contributed by atoms with Crippen molar-refractivity contribution in [2.24, 2.45) is 11.3 Å². The van der Waals surface area contributed by atoms with Crippen LogP contribution in [-0.4, -0.2) is 37.1 Å². The van der Waals surface area contributed by atoms with E-state index in [2.05, 4.69) is 15.0 Å². The number of benzene rings is 2. The highest BCUT2D eigenvalue weighted by atomic mass is 35.5. The summed E-state index contributed by atoms with van der Waals surface area (Å²) in [6.45, 7) is 0.345. The fourth-order valence-corrected chi connectivity index (χ4v) is 4.91. The van der Waals surface area contributed by atoms with Gasteiger partial charge >= 0.3 is 6.61 Å². The fourth-order valence-electron chi connectivity index (χ4n) is 4.68. The predicted octanol–water partition coefficient (Wildman–Crippen LogP) is 4.72. The zero-order valence-corrected chi connectivity index (χ0v) is 17.0. The fraction of sp³-hybridized carbons (Fsp3) is 0.409. The lowest BCUT2D eigenvalue weighted by molar-refractivity contribution is -0.0967. The lowest BCUT2D eigenvalue weighted by atomic mass is 9.57. The molecule has 1 aliphatic carbocycles. The molecule has 1 saturated carbocycles. The van der Waals surface area contributed by atoms with Crippen molar-refractivity contribution in [3.8, 4) is 5.75 Å². The van der Waals surface area contributed by atoms with Gasteiger partial charge in [0.05, 0.1) is 0 Å². The molecule has 0 bridgehead atoms. The molecule has 4 nitrogen and oxygen atoms in total. The number of alkyl halides is 2. The molecule has 1 spiro atoms. The molecule has 2 fully saturated rings. The van der Waals surface area contributed by atoms with Gasteiger partial charge in [0, 0.05) is 36.8 Å². The Hall–Kier alpha value is -2.25. The molecule has 4 rings (SSSR count). The third kappa shape index (κ3) is 4.90. The van der Waals surface area contributed by atoms with Gasteiger partial charge in [0.2, 0.25) is 0 Å². The predicted molar refractivity (Wildman–Crippen MR) is 107 cm³/mol. The van der Waals surface area contributed by atoms with Crippen molar-refractivity contribution in [3.63, 3.8) is 0 Å². The minimum atomic E-state index is -2.82. The molecule has 2 aliphatic rings. The summed E-state index contributed by atoms with van der Waals surface area (Å²) in [4.78, 5) is 14.5. The zero-order chi connectivity index (χ0) is 21.3. The lowest BCUT2D eigenvalue weighted by Crippen LogP contribution is -2.62. The van der Waals surface area contributed by atoms with E-state index in [0.717, 1.165) is 31.5 Å². The van der Waals surface area contributed by atoms with Gasteiger partial charge < -0.3 is 10.1 Å². The second-order valence-corrected chi connectivity index (χ2v) is 8.75. The lowest BCUT2D eigenvalue weighted by Gasteiger charge is -2.59. The van der Waals surface area contributed by atoms with Crippen LogP contribution in [0.3, 0.4) is 0 Å². The first kappa shape index (κ1) is 21.0. The average Bonchev–Trinajstić information content (AvgIpc) is 2.60. The molecule has 8 heteroatoms. The van der Waals surface area contributed by atoms with Gasteiger partial charge in [-0.2, -0.15) is 8.78 Å². The third-order valence-corrected chi connectivity index (χ3v) is 5.99. The second kappa shape index (κ2) is 8.47. The number of likely N-dealkylation sites (tertiary alicyclic amines) is 1. The van der Waals surface area contributed by atoms with Crippen LogP contribution in [0.25, 0.3) is 0 Å². The first-order valence-corrected chi connectivity index (χ1v) is 10.2. The van der Waals surface area contributed by atoms with Gasteiger partial charge in [-0.05, 0) is 60.1 Å². The Labute approximate surface area is 178 Å². The monoisotopic (exact) mass is 438 g/mol. The van der Waals surface area contributed by atoms with Gasteiger partial charge in [-0.3, -0.25) is 9.69 Å². The number of nitrogens with one attached hydrogen (secondary N) is 1. The molecular formula is C22H22ClF3N2O2. The van der Waals surface area contributed by atoms with Gasteiger partial charge in [0.1, 0.15) is 11.6 Å². The number of amides is 1. The number of nitrogens with zero attached hydrogens (tertiary/aromatic N) is 1. The normalized spacial score (nSPS) is 18.2. The Morgan fingerprint density at radius 3 is 2.70 bits per heavy atom. The van der Waals surface area contributed by atoms with Crippen LogP contribution in [0, 0.1) is 17.2 Å². The smallest absolute Gasteiger partial charge is 0.387 e. The van der Waals surface area contributed by atoms with Gasteiger partial charge in [-0.1, -0.05) is 23.7 Å². The van der Waals surface area contributed by atoms with E-state index in [-0.39, 0.29) is 27.7 Å². The van der Waals surface area contributed by atoms with E-state index in [1.54, 1.807) is 12.1 Å². The van der Waals surface area contributed by atoms with Gasteiger partial charge in [0.15, 0.2) is 0 Å². The molecule has 2 aromatic carbocycles. The Kier molecular flexibility index (Phi) is 5.93. The van der Waals surface area contributed by atoms with Crippen molar-refractivity contribution in [1.29, 1.82) is 0 Å². The van der Waals surface area contributed by atoms with Crippen LogP contribution in [0.15, 0.2) is 42.5 Å². The molecule has 160 valence electrons. The molecule has 0 aromatic heterocycles. The van der Waals surface area contributed by atoms with E-state index in [4.69, 9.17) is 11.6 Å². The summed E-state index contributed by atoms with van der Waals surface area (Å²) in [7, 11) is 0. The number of hydrogen-bond acceptors (Lipinski definition) is 3. The quantitative estimate of drug-likeness (QED) is 0.680. The van der Waals surface area contributed by atoms with Crippen LogP contribution in [0.4, 0.5) is 13.2 Å². The highest BCUT2D eigenvalue weighted by Gasteiger charge is 2.51. The van der Waals surface area contributed by atoms with Crippen LogP contribution in [0.2, 0.25) is 5.02 Å². The summed E-state index contributed by atoms with van der Waals surface area (Å²) in [5, 5.41) is 3.06. The van der Waals surface area contributed by atoms with Crippen LogP contribution in [0.1, 0.15) is 28.8 Å². The number of carbonyl (C=O) groups is 1. The molecule has 0 unspecified atom stereocenters. The van der Waals surface area contributed by atoms with E-state index in [0.29, 0.717) is 19.0 Å². The first-order chi connectivity index (χ1) is 14.3. The van der Waals surface area contributed by atoms with Crippen molar-refractivity contribution >= 4 is 17.5 Å². The van der Waals surface area contributed by atoms with Crippen molar-refractivity contribution in [3.05, 3.63) is 64.4 Å². The summed E-state index contributed by atoms with van der Waals surface area (Å²) in [6, 6.07) is 10.6. The van der Waals surface area contributed by atoms with Crippen LogP contribution >= 0.6 is 11.6 Å². The molecule has 30 heavy (non-hydrogen) atoms. The largest absolute Gasteiger partial charge is 0.435 e. The first-order valence-electron chi connectivity index (χ1n) is 9.81. The SMILES string of the molecule is O=C(NCC1CC2(C1)CN(Cc1cccc(OC(F)F)c1)C2)c1cc(F)cc(Cl)c1. The molecular weight excluding hydrogens is 417 g/mol. The van der Waals surface area contributed by atoms with Crippen molar-refractivity contribution in [2.45, 2.75) is 26.0 Å². The number of carbonyl (C=O) groups excluding carboxylic acids is 1. The van der Waals surface area contributed by atoms with E-state index in [1.165, 1.54) is 24.3 Å². The Balaban J connectivity index is 1.19. The molecule has 2 aromatic rings. The number of rotatable bonds is 7. The molecule has 0 atom stereocenters. The molecule has 1 heterocycles. The van der Waals surface area contributed by atoms with Crippen molar-refractivity contribution in [1.82, 2.24) is 10.2 Å². The Bertz CT molecular complexity index is 906. The summed E-state index contributed by atoms with van der Waals surface area (Å²) in [5.74, 6) is -0.269. The molecule has 1 amide bonds. The highest BCUT2D eigenvalue weighted by molar-refractivity contribution is 6.31. The van der Waals surface area contributed by atoms with Gasteiger partial charge in [-0.25, -0.2) is 4.39 Å². The maximum Gasteiger partial charge on any atom is 0.387 e. The Morgan fingerprint density at radius 1 is 1.23 bits per heavy atom. The van der Waals surface area contributed by atoms with Crippen molar-refractivity contribution in [2.75, 3.05) is 19.6 Å². The van der Waals surface area contributed by atoms with E-state index in [1.807, 2.05) is 6.07 Å². The standard InChI is InChI=1S/C22H22ClF3N2O2/c23-17-5-16(6-18(24)7-17)20(29)27-10-15-8-22(9-15)12-28(13-22)11-14-2-1-3-19(4-14)30-21(25)26/h1-7,15,21H,8-13H2,(H,27,29).